The van der Waals surface area contributed by atoms with Gasteiger partial charge < -0.3 is 25.8 Å². The molecule has 1 aliphatic rings. The van der Waals surface area contributed by atoms with E-state index >= 15 is 0 Å². The van der Waals surface area contributed by atoms with Gasteiger partial charge in [-0.3, -0.25) is 10.1 Å². The van der Waals surface area contributed by atoms with Crippen LogP contribution in [0.5, 0.6) is 0 Å². The van der Waals surface area contributed by atoms with E-state index in [9.17, 15) is 4.39 Å². The fourth-order valence-electron chi connectivity index (χ4n) is 5.24. The molecule has 0 atom stereocenters. The number of H-pyrrole nitrogens is 2. The van der Waals surface area contributed by atoms with Crippen molar-refractivity contribution in [2.75, 3.05) is 50.5 Å². The molecule has 5 N–H and O–H groups in total. The average molecular weight is 564 g/mol. The Morgan fingerprint density at radius 1 is 1.07 bits per heavy atom. The third-order valence-corrected chi connectivity index (χ3v) is 7.43. The van der Waals surface area contributed by atoms with E-state index in [2.05, 4.69) is 40.3 Å². The number of nitrogens with one attached hydrogen (secondary N) is 3. The number of rotatable bonds is 8. The van der Waals surface area contributed by atoms with Crippen LogP contribution in [-0.2, 0) is 0 Å². The summed E-state index contributed by atoms with van der Waals surface area (Å²) in [5, 5.41) is 11.9. The second-order valence-electron chi connectivity index (χ2n) is 10.9. The van der Waals surface area contributed by atoms with Crippen molar-refractivity contribution < 1.29 is 4.39 Å². The zero-order valence-electron chi connectivity index (χ0n) is 23.3. The summed E-state index contributed by atoms with van der Waals surface area (Å²) in [6.07, 6.45) is 5.20. The van der Waals surface area contributed by atoms with Crippen LogP contribution in [0.25, 0.3) is 56.0 Å². The van der Waals surface area contributed by atoms with Crippen molar-refractivity contribution in [3.05, 3.63) is 66.9 Å². The van der Waals surface area contributed by atoms with Crippen LogP contribution in [0, 0.1) is 5.82 Å². The van der Waals surface area contributed by atoms with Crippen LogP contribution in [0.3, 0.4) is 0 Å². The number of likely N-dealkylation sites (N-methyl/N-ethyl adjacent to an activating group) is 1. The number of hydrogen-bond acceptors (Lipinski definition) is 9. The number of anilines is 2. The maximum absolute atomic E-state index is 14.7. The molecule has 0 radical (unpaired) electrons. The van der Waals surface area contributed by atoms with E-state index in [0.717, 1.165) is 58.7 Å². The highest BCUT2D eigenvalue weighted by atomic mass is 19.1. The van der Waals surface area contributed by atoms with Gasteiger partial charge in [0.15, 0.2) is 11.5 Å². The van der Waals surface area contributed by atoms with Crippen molar-refractivity contribution in [3.8, 4) is 33.9 Å². The predicted molar refractivity (Wildman–Crippen MR) is 163 cm³/mol. The van der Waals surface area contributed by atoms with Crippen molar-refractivity contribution in [3.63, 3.8) is 0 Å². The first-order valence-corrected chi connectivity index (χ1v) is 13.8. The summed E-state index contributed by atoms with van der Waals surface area (Å²) in [5.41, 5.74) is 12.6. The molecule has 212 valence electrons. The Balaban J connectivity index is 1.24. The lowest BCUT2D eigenvalue weighted by Crippen LogP contribution is -2.56. The molecule has 1 saturated heterocycles. The molecule has 0 aliphatic carbocycles. The highest BCUT2D eigenvalue weighted by molar-refractivity contribution is 5.97. The van der Waals surface area contributed by atoms with Gasteiger partial charge in [0.2, 0.25) is 0 Å². The number of benzene rings is 2. The third-order valence-electron chi connectivity index (χ3n) is 7.43. The number of aromatic amines is 2. The van der Waals surface area contributed by atoms with Crippen molar-refractivity contribution in [1.29, 1.82) is 0 Å². The highest BCUT2D eigenvalue weighted by Gasteiger charge is 2.25. The smallest absolute Gasteiger partial charge is 0.178 e. The summed E-state index contributed by atoms with van der Waals surface area (Å²) in [5.74, 6) is 1.05. The molecule has 5 heterocycles. The van der Waals surface area contributed by atoms with Gasteiger partial charge in [-0.05, 0) is 56.1 Å². The lowest BCUT2D eigenvalue weighted by atomic mass is 10.0. The van der Waals surface area contributed by atoms with Gasteiger partial charge in [-0.15, -0.1) is 0 Å². The van der Waals surface area contributed by atoms with E-state index in [1.165, 1.54) is 12.1 Å². The number of halogens is 1. The van der Waals surface area contributed by atoms with E-state index < -0.39 is 0 Å². The van der Waals surface area contributed by atoms with Crippen LogP contribution < -0.4 is 16.0 Å². The van der Waals surface area contributed by atoms with Gasteiger partial charge in [-0.1, -0.05) is 6.07 Å². The van der Waals surface area contributed by atoms with Crippen molar-refractivity contribution in [1.82, 2.24) is 40.0 Å². The maximum Gasteiger partial charge on any atom is 0.178 e. The molecule has 1 aliphatic heterocycles. The first kappa shape index (κ1) is 26.0. The average Bonchev–Trinajstić information content (AvgIpc) is 3.59. The summed E-state index contributed by atoms with van der Waals surface area (Å²) in [6, 6.07) is 13.0. The van der Waals surface area contributed by atoms with E-state index in [0.29, 0.717) is 34.9 Å². The lowest BCUT2D eigenvalue weighted by Gasteiger charge is -2.37. The monoisotopic (exact) mass is 563 g/mol. The minimum atomic E-state index is -0.320. The van der Waals surface area contributed by atoms with Crippen molar-refractivity contribution in [2.45, 2.75) is 6.04 Å². The highest BCUT2D eigenvalue weighted by Crippen LogP contribution is 2.33. The zero-order chi connectivity index (χ0) is 28.8. The van der Waals surface area contributed by atoms with E-state index in [1.54, 1.807) is 18.6 Å². The number of pyridine rings is 1. The Morgan fingerprint density at radius 2 is 1.95 bits per heavy atom. The number of nitrogens with two attached hydrogens (primary N) is 1. The largest absolute Gasteiger partial charge is 0.384 e. The van der Waals surface area contributed by atoms with E-state index in [1.807, 2.05) is 44.4 Å². The van der Waals surface area contributed by atoms with Gasteiger partial charge in [0.1, 0.15) is 17.3 Å². The number of nitrogens with zero attached hydrogens (tertiary/aromatic N) is 7. The molecule has 6 aromatic rings. The maximum atomic E-state index is 14.7. The van der Waals surface area contributed by atoms with Crippen LogP contribution in [0.1, 0.15) is 0 Å². The molecule has 0 amide bonds. The van der Waals surface area contributed by atoms with Crippen LogP contribution in [0.15, 0.2) is 61.1 Å². The summed E-state index contributed by atoms with van der Waals surface area (Å²) >= 11 is 0. The molecule has 0 saturated carbocycles. The molecular weight excluding hydrogens is 533 g/mol. The first-order valence-electron chi connectivity index (χ1n) is 13.8. The van der Waals surface area contributed by atoms with Gasteiger partial charge in [-0.25, -0.2) is 19.3 Å². The molecule has 4 aromatic heterocycles. The zero-order valence-corrected chi connectivity index (χ0v) is 23.3. The SMILES string of the molecule is CN(C)CCNc1cc(F)cc(-c2ccnc3nc(-c4n[nH]c5ccc(-c6cncc(N7CC(N)C7)n6)cc45)[nH]c23)c1. The van der Waals surface area contributed by atoms with Crippen LogP contribution in [0.4, 0.5) is 15.9 Å². The number of fused-ring (bicyclic) bond motifs is 2. The minimum Gasteiger partial charge on any atom is -0.384 e. The summed E-state index contributed by atoms with van der Waals surface area (Å²) in [4.78, 5) is 26.1. The molecule has 2 aromatic carbocycles. The van der Waals surface area contributed by atoms with Gasteiger partial charge in [0, 0.05) is 60.6 Å². The topological polar surface area (TPSA) is 141 Å². The molecule has 7 rings (SSSR count). The Labute approximate surface area is 241 Å². The van der Waals surface area contributed by atoms with E-state index in [-0.39, 0.29) is 11.9 Å². The Bertz CT molecular complexity index is 1900. The van der Waals surface area contributed by atoms with Gasteiger partial charge in [0.05, 0.1) is 29.1 Å². The standard InChI is InChI=1S/C30H30FN11/c1-41(2)8-7-34-21-10-18(9-19(31)12-21)22-5-6-35-29-27(22)37-30(38-29)28-23-11-17(3-4-24(23)39-40-28)25-13-33-14-26(36-25)42-15-20(32)16-42/h3-6,9-14,20,34H,7-8,15-16,32H2,1-2H3,(H,39,40)(H,35,37,38). The summed E-state index contributed by atoms with van der Waals surface area (Å²) in [7, 11) is 4.00. The third kappa shape index (κ3) is 4.91. The molecule has 1 fully saturated rings. The Hall–Kier alpha value is -4.94. The van der Waals surface area contributed by atoms with Crippen LogP contribution >= 0.6 is 0 Å². The Morgan fingerprint density at radius 3 is 2.79 bits per heavy atom. The number of hydrogen-bond donors (Lipinski definition) is 4. The van der Waals surface area contributed by atoms with Crippen LogP contribution in [-0.4, -0.2) is 86.3 Å². The lowest BCUT2D eigenvalue weighted by molar-refractivity contribution is 0.425. The molecular formula is C30H30FN11. The van der Waals surface area contributed by atoms with Crippen molar-refractivity contribution in [2.24, 2.45) is 5.73 Å². The molecule has 0 spiro atoms. The predicted octanol–water partition coefficient (Wildman–Crippen LogP) is 3.89. The number of imidazole rings is 1. The van der Waals surface area contributed by atoms with Gasteiger partial charge in [0.25, 0.3) is 0 Å². The molecule has 12 heteroatoms. The summed E-state index contributed by atoms with van der Waals surface area (Å²) in [6.45, 7) is 3.08. The fourth-order valence-corrected chi connectivity index (χ4v) is 5.24. The minimum absolute atomic E-state index is 0.173. The molecule has 0 unspecified atom stereocenters. The second kappa shape index (κ2) is 10.5. The normalized spacial score (nSPS) is 13.8. The molecule has 42 heavy (non-hydrogen) atoms. The number of aromatic nitrogens is 7. The van der Waals surface area contributed by atoms with Crippen LogP contribution in [0.2, 0.25) is 0 Å². The van der Waals surface area contributed by atoms with Gasteiger partial charge in [-0.2, -0.15) is 5.10 Å². The van der Waals surface area contributed by atoms with Crippen molar-refractivity contribution >= 4 is 33.6 Å². The van der Waals surface area contributed by atoms with E-state index in [4.69, 9.17) is 15.7 Å². The second-order valence-corrected chi connectivity index (χ2v) is 10.9. The van der Waals surface area contributed by atoms with Gasteiger partial charge >= 0.3 is 0 Å². The fraction of sp³-hybridized carbons (Fsp3) is 0.233. The summed E-state index contributed by atoms with van der Waals surface area (Å²) < 4.78 is 14.7. The quantitative estimate of drug-likeness (QED) is 0.217. The first-order chi connectivity index (χ1) is 20.4. The molecule has 11 nitrogen and oxygen atoms in total. The Kier molecular flexibility index (Phi) is 6.48. The molecule has 0 bridgehead atoms.